The first-order valence-corrected chi connectivity index (χ1v) is 11.1. The second-order valence-electron chi connectivity index (χ2n) is 7.72. The topological polar surface area (TPSA) is 65.0 Å². The number of allylic oxidation sites excluding steroid dienone is 1. The summed E-state index contributed by atoms with van der Waals surface area (Å²) in [7, 11) is -0.780. The van der Waals surface area contributed by atoms with Gasteiger partial charge >= 0.3 is 0 Å². The van der Waals surface area contributed by atoms with Crippen molar-refractivity contribution in [3.8, 4) is 0 Å². The fraction of sp³-hybridized carbons (Fsp3) is 0.600. The van der Waals surface area contributed by atoms with Crippen molar-refractivity contribution in [2.24, 2.45) is 5.92 Å². The molecule has 1 unspecified atom stereocenters. The lowest BCUT2D eigenvalue weighted by molar-refractivity contribution is 0.361. The molecule has 2 aliphatic carbocycles. The lowest BCUT2D eigenvalue weighted by Gasteiger charge is -2.29. The van der Waals surface area contributed by atoms with Crippen LogP contribution in [0, 0.1) is 10.7 Å². The summed E-state index contributed by atoms with van der Waals surface area (Å²) in [5.74, 6) is 0.831. The van der Waals surface area contributed by atoms with Crippen LogP contribution in [0.5, 0.6) is 0 Å². The average Bonchev–Trinajstić information content (AvgIpc) is 3.43. The normalized spacial score (nSPS) is 26.8. The van der Waals surface area contributed by atoms with Crippen LogP contribution in [0.25, 0.3) is 5.57 Å². The lowest BCUT2D eigenvalue weighted by Crippen LogP contribution is -2.25. The summed E-state index contributed by atoms with van der Waals surface area (Å²) >= 11 is 0. The summed E-state index contributed by atoms with van der Waals surface area (Å²) in [5.41, 5.74) is 3.26. The predicted molar refractivity (Wildman–Crippen MR) is 106 cm³/mol. The average molecular weight is 362 g/mol. The lowest BCUT2D eigenvalue weighted by atomic mass is 9.87. The number of rotatable bonds is 6. The molecule has 25 heavy (non-hydrogen) atoms. The summed E-state index contributed by atoms with van der Waals surface area (Å²) in [4.78, 5) is 0.677. The van der Waals surface area contributed by atoms with Crippen LogP contribution in [0.3, 0.4) is 0 Å². The zero-order valence-corrected chi connectivity index (χ0v) is 16.4. The van der Waals surface area contributed by atoms with Crippen molar-refractivity contribution in [2.45, 2.75) is 68.6 Å². The van der Waals surface area contributed by atoms with E-state index in [1.807, 2.05) is 31.4 Å². The Balaban J connectivity index is 1.90. The van der Waals surface area contributed by atoms with Gasteiger partial charge in [-0.05, 0) is 81.3 Å². The molecule has 2 aliphatic rings. The molecule has 1 aromatic carbocycles. The molecule has 0 aromatic heterocycles. The molecule has 0 heterocycles. The van der Waals surface area contributed by atoms with Gasteiger partial charge in [0.15, 0.2) is 0 Å². The number of benzene rings is 1. The fourth-order valence-electron chi connectivity index (χ4n) is 3.68. The Morgan fingerprint density at radius 1 is 1.20 bits per heavy atom. The first kappa shape index (κ1) is 18.3. The molecule has 0 saturated heterocycles. The van der Waals surface area contributed by atoms with Crippen LogP contribution < -0.4 is 10.6 Å². The number of anilines is 1. The smallest absolute Gasteiger partial charge is 0.0755 e. The van der Waals surface area contributed by atoms with Crippen LogP contribution in [0.1, 0.15) is 57.9 Å². The number of hydrogen-bond acceptors (Lipinski definition) is 4. The molecule has 0 spiro atoms. The van der Waals surface area contributed by atoms with Gasteiger partial charge in [-0.25, -0.2) is 8.99 Å². The van der Waals surface area contributed by atoms with E-state index in [-0.39, 0.29) is 5.25 Å². The van der Waals surface area contributed by atoms with Gasteiger partial charge < -0.3 is 10.6 Å². The number of hydrogen-bond donors (Lipinski definition) is 3. The number of nitrogens with one attached hydrogen (secondary N) is 3. The van der Waals surface area contributed by atoms with E-state index in [9.17, 15) is 4.21 Å². The van der Waals surface area contributed by atoms with Gasteiger partial charge in [-0.15, -0.1) is 0 Å². The van der Waals surface area contributed by atoms with Gasteiger partial charge in [-0.3, -0.25) is 0 Å². The molecule has 0 radical (unpaired) electrons. The quantitative estimate of drug-likeness (QED) is 0.680. The van der Waals surface area contributed by atoms with E-state index in [0.717, 1.165) is 35.6 Å². The first-order valence-electron chi connectivity index (χ1n) is 9.44. The molecule has 0 aliphatic heterocycles. The fourth-order valence-corrected chi connectivity index (χ4v) is 5.42. The van der Waals surface area contributed by atoms with Crippen molar-refractivity contribution in [3.63, 3.8) is 0 Å². The van der Waals surface area contributed by atoms with E-state index in [2.05, 4.69) is 24.5 Å². The molecule has 1 aromatic rings. The second-order valence-corrected chi connectivity index (χ2v) is 10.1. The first-order chi connectivity index (χ1) is 11.9. The minimum absolute atomic E-state index is 0.0487. The Hall–Kier alpha value is -1.49. The second kappa shape index (κ2) is 7.40. The van der Waals surface area contributed by atoms with E-state index in [4.69, 9.17) is 4.78 Å². The molecule has 2 saturated carbocycles. The van der Waals surface area contributed by atoms with Gasteiger partial charge in [-0.1, -0.05) is 6.92 Å². The van der Waals surface area contributed by atoms with E-state index in [0.29, 0.717) is 10.9 Å². The van der Waals surface area contributed by atoms with Gasteiger partial charge in [0.25, 0.3) is 0 Å². The third-order valence-corrected chi connectivity index (χ3v) is 7.86. The minimum Gasteiger partial charge on any atom is -0.394 e. The Morgan fingerprint density at radius 3 is 2.48 bits per heavy atom. The zero-order chi connectivity index (χ0) is 18.0. The molecule has 1 atom stereocenters. The van der Waals surface area contributed by atoms with Crippen LogP contribution in [0.4, 0.5) is 5.69 Å². The largest absolute Gasteiger partial charge is 0.394 e. The predicted octanol–water partition coefficient (Wildman–Crippen LogP) is 4.83. The maximum absolute atomic E-state index is 12.8. The molecule has 2 fully saturated rings. The van der Waals surface area contributed by atoms with Crippen LogP contribution in [-0.2, 0) is 9.73 Å². The summed E-state index contributed by atoms with van der Waals surface area (Å²) in [6.07, 6.45) is 8.77. The molecule has 138 valence electrons. The minimum atomic E-state index is -2.67. The summed E-state index contributed by atoms with van der Waals surface area (Å²) in [5, 5.41) is 6.85. The molecule has 4 nitrogen and oxygen atoms in total. The third kappa shape index (κ3) is 4.20. The summed E-state index contributed by atoms with van der Waals surface area (Å²) in [6, 6.07) is 6.42. The van der Waals surface area contributed by atoms with Gasteiger partial charge in [0, 0.05) is 34.5 Å². The molecule has 0 amide bonds. The van der Waals surface area contributed by atoms with E-state index >= 15 is 0 Å². The molecular formula is C20H31N3OS. The van der Waals surface area contributed by atoms with Crippen molar-refractivity contribution in [1.82, 2.24) is 5.32 Å². The highest BCUT2D eigenvalue weighted by atomic mass is 32.2. The van der Waals surface area contributed by atoms with Crippen LogP contribution in [0.15, 0.2) is 29.3 Å². The van der Waals surface area contributed by atoms with Gasteiger partial charge in [0.1, 0.15) is 0 Å². The highest BCUT2D eigenvalue weighted by Crippen LogP contribution is 2.37. The standard InChI is InChI=1S/C20H31N3OS/c1-14-4-6-16(7-5-14)23-20-11-10-18(25(21,24)17-8-9-17)12-19(20)15(2)13-22-3/h10-14,16-17,21-23H,4-9H2,1-3H3/b15-13+/t14-,16-,25?. The Labute approximate surface area is 152 Å². The van der Waals surface area contributed by atoms with Crippen LogP contribution in [-0.4, -0.2) is 22.5 Å². The van der Waals surface area contributed by atoms with Gasteiger partial charge in [-0.2, -0.15) is 0 Å². The van der Waals surface area contributed by atoms with Crippen molar-refractivity contribution in [1.29, 1.82) is 4.78 Å². The van der Waals surface area contributed by atoms with Crippen LogP contribution >= 0.6 is 0 Å². The highest BCUT2D eigenvalue weighted by molar-refractivity contribution is 7.93. The zero-order valence-electron chi connectivity index (χ0n) is 15.6. The van der Waals surface area contributed by atoms with Gasteiger partial charge in [0.2, 0.25) is 0 Å². The van der Waals surface area contributed by atoms with Crippen molar-refractivity contribution in [3.05, 3.63) is 30.0 Å². The van der Waals surface area contributed by atoms with Gasteiger partial charge in [0.05, 0.1) is 9.73 Å². The summed E-state index contributed by atoms with van der Waals surface area (Å²) in [6.45, 7) is 4.39. The SMILES string of the molecule is CN/C=C(\C)c1cc(S(=N)(=O)C2CC2)ccc1N[C@H]1CC[C@H](C)CC1. The third-order valence-electron chi connectivity index (χ3n) is 5.50. The Morgan fingerprint density at radius 2 is 1.88 bits per heavy atom. The van der Waals surface area contributed by atoms with Crippen molar-refractivity contribution >= 4 is 21.0 Å². The molecular weight excluding hydrogens is 330 g/mol. The Bertz CT molecular complexity index is 742. The summed E-state index contributed by atoms with van der Waals surface area (Å²) < 4.78 is 21.2. The van der Waals surface area contributed by atoms with Crippen LogP contribution in [0.2, 0.25) is 0 Å². The maximum Gasteiger partial charge on any atom is 0.0755 e. The highest BCUT2D eigenvalue weighted by Gasteiger charge is 2.34. The molecule has 0 bridgehead atoms. The van der Waals surface area contributed by atoms with E-state index < -0.39 is 9.73 Å². The van der Waals surface area contributed by atoms with E-state index in [1.54, 1.807) is 0 Å². The maximum atomic E-state index is 12.8. The molecule has 3 N–H and O–H groups in total. The van der Waals surface area contributed by atoms with Crippen molar-refractivity contribution in [2.75, 3.05) is 12.4 Å². The monoisotopic (exact) mass is 361 g/mol. The molecule has 5 heteroatoms. The molecule has 3 rings (SSSR count). The Kier molecular flexibility index (Phi) is 5.42. The van der Waals surface area contributed by atoms with Crippen molar-refractivity contribution < 1.29 is 4.21 Å². The van der Waals surface area contributed by atoms with E-state index in [1.165, 1.54) is 25.7 Å².